The Hall–Kier alpha value is -4.29. The molecular formula is C48H62N2O8S. The van der Waals surface area contributed by atoms with Gasteiger partial charge in [0.2, 0.25) is 11.7 Å². The number of thioether (sulfide) groups is 1. The lowest BCUT2D eigenvalue weighted by Crippen LogP contribution is -2.70. The summed E-state index contributed by atoms with van der Waals surface area (Å²) in [5.74, 6) is 1.17. The van der Waals surface area contributed by atoms with Gasteiger partial charge in [-0.05, 0) is 123 Å². The van der Waals surface area contributed by atoms with E-state index in [1.807, 2.05) is 60.4 Å². The van der Waals surface area contributed by atoms with Crippen LogP contribution in [0.3, 0.4) is 0 Å². The van der Waals surface area contributed by atoms with Gasteiger partial charge in [0, 0.05) is 42.6 Å². The molecule has 2 N–H and O–H groups in total. The Bertz CT molecular complexity index is 1920. The highest BCUT2D eigenvalue weighted by Gasteiger charge is 2.65. The number of unbranched alkanes of at least 4 members (excludes halogenated alkanes) is 2. The first-order chi connectivity index (χ1) is 28.8. The number of hydrogen-bond donors (Lipinski definition) is 2. The van der Waals surface area contributed by atoms with E-state index in [4.69, 9.17) is 28.9 Å². The fourth-order valence-electron chi connectivity index (χ4n) is 9.39. The molecule has 0 unspecified atom stereocenters. The molecule has 6 rings (SSSR count). The molecule has 3 aromatic rings. The fourth-order valence-corrected chi connectivity index (χ4v) is 9.80. The molecule has 1 fully saturated rings. The molecule has 0 aromatic heterocycles. The maximum atomic E-state index is 14.8. The standard InChI is InChI=1S/C48H62N2O8S/c1-6-24-50(45(53)29-33-14-13-16-36(28-33)54-4)44-32-42(49-56-8-3)40-30-34(15-9-11-25-51)39(17-10-12-26-52)46-41-31-37(57-35-18-21-38(59-5)22-19-35)20-23-43(41)58-48(44,47(40)46)55-27-7-2/h7,13-14,16,18-23,28,30-31,34,39,44,46-47,51-52H,2,6,8-12,15,17,24-27,29,32H2,1,3-5H3/t34-,39+,44-,46+,47+,48+/m0/s1. The zero-order chi connectivity index (χ0) is 41.8. The van der Waals surface area contributed by atoms with E-state index >= 15 is 0 Å². The van der Waals surface area contributed by atoms with Crippen molar-refractivity contribution in [1.82, 2.24) is 4.90 Å². The molecule has 1 saturated carbocycles. The highest BCUT2D eigenvalue weighted by atomic mass is 32.2. The van der Waals surface area contributed by atoms with E-state index in [1.54, 1.807) is 24.9 Å². The Kier molecular flexibility index (Phi) is 16.0. The minimum absolute atomic E-state index is 0.0470. The number of ether oxygens (including phenoxy) is 4. The van der Waals surface area contributed by atoms with Crippen molar-refractivity contribution in [3.05, 3.63) is 102 Å². The van der Waals surface area contributed by atoms with Gasteiger partial charge in [-0.2, -0.15) is 0 Å². The van der Waals surface area contributed by atoms with E-state index in [0.29, 0.717) is 49.7 Å². The third-order valence-electron chi connectivity index (χ3n) is 11.9. The van der Waals surface area contributed by atoms with Crippen LogP contribution >= 0.6 is 11.8 Å². The third-order valence-corrected chi connectivity index (χ3v) is 12.6. The zero-order valence-electron chi connectivity index (χ0n) is 35.1. The summed E-state index contributed by atoms with van der Waals surface area (Å²) in [4.78, 5) is 23.8. The van der Waals surface area contributed by atoms with Crippen molar-refractivity contribution in [2.75, 3.05) is 46.3 Å². The highest BCUT2D eigenvalue weighted by molar-refractivity contribution is 7.98. The number of aliphatic hydroxyl groups excluding tert-OH is 2. The summed E-state index contributed by atoms with van der Waals surface area (Å²) in [7, 11) is 1.63. The molecule has 3 aromatic carbocycles. The number of benzene rings is 3. The zero-order valence-corrected chi connectivity index (χ0v) is 36.0. The largest absolute Gasteiger partial charge is 0.497 e. The number of fused-ring (bicyclic) bond motifs is 2. The van der Waals surface area contributed by atoms with Crippen LogP contribution < -0.4 is 14.2 Å². The van der Waals surface area contributed by atoms with Gasteiger partial charge in [0.1, 0.15) is 35.6 Å². The number of carbonyl (C=O) groups excluding carboxylic acids is 1. The number of amides is 1. The average Bonchev–Trinajstić information content (AvgIpc) is 3.25. The Balaban J connectivity index is 1.56. The maximum Gasteiger partial charge on any atom is 0.239 e. The van der Waals surface area contributed by atoms with E-state index in [1.165, 1.54) is 0 Å². The molecule has 6 atom stereocenters. The Labute approximate surface area is 354 Å². The number of methoxy groups -OCH3 is 1. The number of allylic oxidation sites excluding steroid dienone is 1. The molecule has 0 bridgehead atoms. The van der Waals surface area contributed by atoms with Crippen molar-refractivity contribution in [2.45, 2.75) is 94.3 Å². The molecule has 0 radical (unpaired) electrons. The predicted octanol–water partition coefficient (Wildman–Crippen LogP) is 9.34. The summed E-state index contributed by atoms with van der Waals surface area (Å²) >= 11 is 1.68. The number of nitrogens with zero attached hydrogens (tertiary/aromatic N) is 2. The van der Waals surface area contributed by atoms with Crippen LogP contribution in [0.1, 0.15) is 82.3 Å². The van der Waals surface area contributed by atoms with Crippen LogP contribution in [0.4, 0.5) is 0 Å². The molecule has 3 aliphatic rings. The second kappa shape index (κ2) is 21.3. The van der Waals surface area contributed by atoms with Crippen LogP contribution in [0.2, 0.25) is 0 Å². The van der Waals surface area contributed by atoms with Gasteiger partial charge < -0.3 is 38.9 Å². The van der Waals surface area contributed by atoms with Crippen molar-refractivity contribution in [2.24, 2.45) is 22.9 Å². The number of oxime groups is 1. The molecule has 11 heteroatoms. The molecule has 318 valence electrons. The number of carbonyl (C=O) groups is 1. The summed E-state index contributed by atoms with van der Waals surface area (Å²) in [5, 5.41) is 24.6. The van der Waals surface area contributed by atoms with Gasteiger partial charge in [0.15, 0.2) is 0 Å². The van der Waals surface area contributed by atoms with Crippen LogP contribution in [0.5, 0.6) is 23.0 Å². The Morgan fingerprint density at radius 2 is 1.76 bits per heavy atom. The van der Waals surface area contributed by atoms with Crippen LogP contribution in [0.15, 0.2) is 101 Å². The normalized spacial score (nSPS) is 23.7. The summed E-state index contributed by atoms with van der Waals surface area (Å²) in [6, 6.07) is 21.2. The quantitative estimate of drug-likeness (QED) is 0.0442. The van der Waals surface area contributed by atoms with Crippen LogP contribution in [-0.2, 0) is 20.8 Å². The second-order valence-corrected chi connectivity index (χ2v) is 16.5. The summed E-state index contributed by atoms with van der Waals surface area (Å²) in [6.07, 6.45) is 12.2. The Morgan fingerprint density at radius 1 is 1.00 bits per heavy atom. The van der Waals surface area contributed by atoms with Crippen molar-refractivity contribution >= 4 is 23.4 Å². The van der Waals surface area contributed by atoms with Crippen LogP contribution in [0, 0.1) is 17.8 Å². The van der Waals surface area contributed by atoms with E-state index in [2.05, 4.69) is 44.0 Å². The van der Waals surface area contributed by atoms with Crippen molar-refractivity contribution in [1.29, 1.82) is 0 Å². The number of hydrogen-bond acceptors (Lipinski definition) is 10. The van der Waals surface area contributed by atoms with Gasteiger partial charge >= 0.3 is 0 Å². The number of rotatable bonds is 22. The smallest absolute Gasteiger partial charge is 0.239 e. The number of aliphatic hydroxyl groups is 2. The molecular weight excluding hydrogens is 765 g/mol. The molecule has 1 aliphatic heterocycles. The van der Waals surface area contributed by atoms with Gasteiger partial charge in [0.05, 0.1) is 31.8 Å². The van der Waals surface area contributed by atoms with E-state index in [-0.39, 0.29) is 55.8 Å². The Morgan fingerprint density at radius 3 is 2.46 bits per heavy atom. The third kappa shape index (κ3) is 10.0. The van der Waals surface area contributed by atoms with Gasteiger partial charge in [0.25, 0.3) is 0 Å². The van der Waals surface area contributed by atoms with Gasteiger partial charge in [-0.3, -0.25) is 4.79 Å². The lowest BCUT2D eigenvalue weighted by Gasteiger charge is -2.60. The summed E-state index contributed by atoms with van der Waals surface area (Å²) in [6.45, 7) is 9.38. The van der Waals surface area contributed by atoms with Crippen molar-refractivity contribution in [3.8, 4) is 23.0 Å². The van der Waals surface area contributed by atoms with Crippen LogP contribution in [0.25, 0.3) is 0 Å². The predicted molar refractivity (Wildman–Crippen MR) is 234 cm³/mol. The second-order valence-electron chi connectivity index (χ2n) is 15.6. The first kappa shape index (κ1) is 44.3. The molecule has 0 saturated heterocycles. The van der Waals surface area contributed by atoms with Gasteiger partial charge in [-0.25, -0.2) is 0 Å². The first-order valence-electron chi connectivity index (χ1n) is 21.3. The first-order valence-corrected chi connectivity index (χ1v) is 22.5. The minimum Gasteiger partial charge on any atom is -0.497 e. The topological polar surface area (TPSA) is 119 Å². The molecule has 1 amide bonds. The van der Waals surface area contributed by atoms with Crippen LogP contribution in [-0.4, -0.2) is 84.9 Å². The molecule has 2 aliphatic carbocycles. The van der Waals surface area contributed by atoms with Gasteiger partial charge in [-0.1, -0.05) is 49.2 Å². The molecule has 10 nitrogen and oxygen atoms in total. The minimum atomic E-state index is -1.32. The fraction of sp³-hybridized carbons (Fsp3) is 0.500. The van der Waals surface area contributed by atoms with Crippen molar-refractivity contribution < 1.29 is 38.8 Å². The molecule has 59 heavy (non-hydrogen) atoms. The average molecular weight is 827 g/mol. The van der Waals surface area contributed by atoms with E-state index in [0.717, 1.165) is 65.2 Å². The van der Waals surface area contributed by atoms with Crippen molar-refractivity contribution in [3.63, 3.8) is 0 Å². The maximum absolute atomic E-state index is 14.8. The highest BCUT2D eigenvalue weighted by Crippen LogP contribution is 2.62. The molecule has 1 heterocycles. The lowest BCUT2D eigenvalue weighted by molar-refractivity contribution is -0.257. The van der Waals surface area contributed by atoms with E-state index < -0.39 is 11.8 Å². The summed E-state index contributed by atoms with van der Waals surface area (Å²) in [5.41, 5.74) is 3.66. The molecule has 0 spiro atoms. The lowest BCUT2D eigenvalue weighted by atomic mass is 9.55. The monoisotopic (exact) mass is 826 g/mol. The SMILES string of the molecule is C=CCO[C@@]12Oc3ccc(Oc4ccc(SC)cc4)cc3[C@H]3[C@H](CCCCO)[C@@H](CCCCO)C=C(C(=NOCC)C[C@@H]1N(CCC)C(=O)Cc1cccc(OC)c1)[C@H]32. The van der Waals surface area contributed by atoms with E-state index in [9.17, 15) is 15.0 Å². The van der Waals surface area contributed by atoms with Gasteiger partial charge in [-0.15, -0.1) is 18.3 Å². The summed E-state index contributed by atoms with van der Waals surface area (Å²) < 4.78 is 26.5.